The molecule has 0 heterocycles. The largest absolute Gasteiger partial charge is 0.302 e. The average molecular weight is 180 g/mol. The van der Waals surface area contributed by atoms with Crippen molar-refractivity contribution in [1.29, 1.82) is 0 Å². The van der Waals surface area contributed by atoms with Crippen molar-refractivity contribution in [3.8, 4) is 0 Å². The van der Waals surface area contributed by atoms with Crippen molar-refractivity contribution in [2.45, 2.75) is 31.4 Å². The first-order valence-corrected chi connectivity index (χ1v) is 4.75. The van der Waals surface area contributed by atoms with Crippen LogP contribution in [0.15, 0.2) is 0 Å². The van der Waals surface area contributed by atoms with Crippen LogP contribution in [0.4, 0.5) is 0 Å². The van der Waals surface area contributed by atoms with Crippen LogP contribution in [-0.2, 0) is 14.9 Å². The summed E-state index contributed by atoms with van der Waals surface area (Å²) in [6.07, 6.45) is 0.955. The second kappa shape index (κ2) is 3.32. The zero-order chi connectivity index (χ0) is 9.12. The third-order valence-corrected chi connectivity index (χ3v) is 3.06. The molecule has 5 heteroatoms. The highest BCUT2D eigenvalue weighted by Gasteiger charge is 2.36. The lowest BCUT2D eigenvalue weighted by Crippen LogP contribution is -2.36. The van der Waals surface area contributed by atoms with E-state index in [1.54, 1.807) is 6.92 Å². The van der Waals surface area contributed by atoms with Crippen molar-refractivity contribution >= 4 is 16.4 Å². The van der Waals surface area contributed by atoms with E-state index in [9.17, 15) is 13.2 Å². The number of rotatable bonds is 4. The van der Waals surface area contributed by atoms with Crippen LogP contribution in [0.3, 0.4) is 0 Å². The van der Waals surface area contributed by atoms with Crippen LogP contribution >= 0.6 is 0 Å². The number of hydrogen-bond acceptors (Lipinski definition) is 3. The molecule has 0 saturated heterocycles. The molecule has 0 aromatic heterocycles. The lowest BCUT2D eigenvalue weighted by Gasteiger charge is -2.17. The summed E-state index contributed by atoms with van der Waals surface area (Å²) in [6, 6.07) is 0. The van der Waals surface area contributed by atoms with Gasteiger partial charge in [0.1, 0.15) is 11.0 Å². The van der Waals surface area contributed by atoms with Crippen molar-refractivity contribution in [3.05, 3.63) is 0 Å². The van der Waals surface area contributed by atoms with Crippen LogP contribution < -0.4 is 0 Å². The van der Waals surface area contributed by atoms with Gasteiger partial charge in [0.05, 0.1) is 0 Å². The van der Waals surface area contributed by atoms with Crippen LogP contribution in [0.25, 0.3) is 0 Å². The van der Waals surface area contributed by atoms with E-state index < -0.39 is 14.9 Å². The molecule has 0 aliphatic carbocycles. The molecule has 66 valence electrons. The molecule has 4 nitrogen and oxygen atoms in total. The van der Waals surface area contributed by atoms with E-state index in [0.29, 0.717) is 6.42 Å². The summed E-state index contributed by atoms with van der Waals surface area (Å²) in [5.41, 5.74) is 0. The first-order chi connectivity index (χ1) is 4.87. The van der Waals surface area contributed by atoms with Crippen LogP contribution in [-0.4, -0.2) is 24.0 Å². The van der Waals surface area contributed by atoms with E-state index in [0.717, 1.165) is 0 Å². The fraction of sp³-hybridized carbons (Fsp3) is 0.833. The highest BCUT2D eigenvalue weighted by atomic mass is 32.2. The summed E-state index contributed by atoms with van der Waals surface area (Å²) < 4.78 is 28.2. The maximum Gasteiger partial charge on any atom is 0.277 e. The van der Waals surface area contributed by atoms with Gasteiger partial charge < -0.3 is 4.79 Å². The Labute approximate surface area is 66.4 Å². The monoisotopic (exact) mass is 180 g/mol. The molecule has 1 unspecified atom stereocenters. The third kappa shape index (κ3) is 2.27. The molecule has 0 bridgehead atoms. The summed E-state index contributed by atoms with van der Waals surface area (Å²) in [6.45, 7) is 2.95. The highest BCUT2D eigenvalue weighted by Crippen LogP contribution is 2.18. The Morgan fingerprint density at radius 2 is 2.00 bits per heavy atom. The van der Waals surface area contributed by atoms with Gasteiger partial charge in [0.25, 0.3) is 10.1 Å². The number of hydrogen-bond donors (Lipinski definition) is 1. The van der Waals surface area contributed by atoms with Crippen molar-refractivity contribution in [2.24, 2.45) is 0 Å². The number of carbonyl (C=O) groups is 1. The molecule has 1 atom stereocenters. The van der Waals surface area contributed by atoms with Crippen LogP contribution in [0.2, 0.25) is 0 Å². The Kier molecular flexibility index (Phi) is 3.19. The quantitative estimate of drug-likeness (QED) is 0.509. The minimum Gasteiger partial charge on any atom is -0.302 e. The molecular weight excluding hydrogens is 168 g/mol. The molecule has 1 N–H and O–H groups in total. The predicted octanol–water partition coefficient (Wildman–Crippen LogP) is 0.632. The van der Waals surface area contributed by atoms with Gasteiger partial charge in [-0.25, -0.2) is 0 Å². The molecule has 0 aromatic carbocycles. The average Bonchev–Trinajstić information content (AvgIpc) is 1.86. The van der Waals surface area contributed by atoms with E-state index in [2.05, 4.69) is 0 Å². The van der Waals surface area contributed by atoms with Crippen molar-refractivity contribution in [1.82, 2.24) is 0 Å². The van der Waals surface area contributed by atoms with Crippen molar-refractivity contribution in [3.63, 3.8) is 0 Å². The van der Waals surface area contributed by atoms with Gasteiger partial charge >= 0.3 is 0 Å². The molecule has 0 rings (SSSR count). The van der Waals surface area contributed by atoms with Gasteiger partial charge in [0.2, 0.25) is 0 Å². The molecule has 0 amide bonds. The van der Waals surface area contributed by atoms with Crippen LogP contribution in [0, 0.1) is 0 Å². The SMILES string of the molecule is CCCC(C)(C=O)S(=O)(=O)O. The van der Waals surface area contributed by atoms with Crippen molar-refractivity contribution < 1.29 is 17.8 Å². The molecular formula is C6H12O4S. The van der Waals surface area contributed by atoms with Gasteiger partial charge in [-0.3, -0.25) is 4.55 Å². The summed E-state index contributed by atoms with van der Waals surface area (Å²) in [5.74, 6) is 0. The Morgan fingerprint density at radius 3 is 2.09 bits per heavy atom. The van der Waals surface area contributed by atoms with E-state index in [1.807, 2.05) is 0 Å². The summed E-state index contributed by atoms with van der Waals surface area (Å²) in [7, 11) is -4.24. The topological polar surface area (TPSA) is 71.4 Å². The summed E-state index contributed by atoms with van der Waals surface area (Å²) >= 11 is 0. The molecule has 0 spiro atoms. The zero-order valence-corrected chi connectivity index (χ0v) is 7.39. The molecule has 0 aliphatic heterocycles. The van der Waals surface area contributed by atoms with E-state index >= 15 is 0 Å². The molecule has 11 heavy (non-hydrogen) atoms. The molecule has 0 saturated carbocycles. The van der Waals surface area contributed by atoms with Gasteiger partial charge in [0.15, 0.2) is 0 Å². The Morgan fingerprint density at radius 1 is 1.55 bits per heavy atom. The third-order valence-electron chi connectivity index (χ3n) is 1.58. The first-order valence-electron chi connectivity index (χ1n) is 3.31. The van der Waals surface area contributed by atoms with Gasteiger partial charge in [-0.1, -0.05) is 13.3 Å². The normalized spacial score (nSPS) is 17.4. The van der Waals surface area contributed by atoms with Gasteiger partial charge in [-0.2, -0.15) is 8.42 Å². The lowest BCUT2D eigenvalue weighted by atomic mass is 10.1. The zero-order valence-electron chi connectivity index (χ0n) is 6.57. The summed E-state index contributed by atoms with van der Waals surface area (Å²) in [4.78, 5) is 10.3. The standard InChI is InChI=1S/C6H12O4S/c1-3-4-6(2,5-7)11(8,9)10/h5H,3-4H2,1-2H3,(H,8,9,10). The van der Waals surface area contributed by atoms with Crippen LogP contribution in [0.1, 0.15) is 26.7 Å². The fourth-order valence-corrected chi connectivity index (χ4v) is 1.33. The molecule has 0 fully saturated rings. The Bertz CT molecular complexity index is 231. The Balaban J connectivity index is 4.76. The number of aldehydes is 1. The lowest BCUT2D eigenvalue weighted by molar-refractivity contribution is -0.109. The maximum absolute atomic E-state index is 10.6. The molecule has 0 radical (unpaired) electrons. The van der Waals surface area contributed by atoms with Crippen molar-refractivity contribution in [2.75, 3.05) is 0 Å². The van der Waals surface area contributed by atoms with Gasteiger partial charge in [-0.05, 0) is 13.3 Å². The minimum absolute atomic E-state index is 0.148. The molecule has 0 aliphatic rings. The van der Waals surface area contributed by atoms with Gasteiger partial charge in [-0.15, -0.1) is 0 Å². The minimum atomic E-state index is -4.24. The Hall–Kier alpha value is -0.420. The highest BCUT2D eigenvalue weighted by molar-refractivity contribution is 7.88. The second-order valence-corrected chi connectivity index (χ2v) is 4.54. The van der Waals surface area contributed by atoms with E-state index in [-0.39, 0.29) is 12.7 Å². The molecule has 0 aromatic rings. The number of carbonyl (C=O) groups excluding carboxylic acids is 1. The van der Waals surface area contributed by atoms with Crippen LogP contribution in [0.5, 0.6) is 0 Å². The smallest absolute Gasteiger partial charge is 0.277 e. The van der Waals surface area contributed by atoms with E-state index in [1.165, 1.54) is 6.92 Å². The first kappa shape index (κ1) is 10.6. The van der Waals surface area contributed by atoms with E-state index in [4.69, 9.17) is 4.55 Å². The predicted molar refractivity (Wildman–Crippen MR) is 40.9 cm³/mol. The maximum atomic E-state index is 10.6. The fourth-order valence-electron chi connectivity index (χ4n) is 0.745. The summed E-state index contributed by atoms with van der Waals surface area (Å²) in [5, 5.41) is 0. The van der Waals surface area contributed by atoms with Gasteiger partial charge in [0, 0.05) is 0 Å². The second-order valence-electron chi connectivity index (χ2n) is 2.66.